The molecule has 0 atom stereocenters. The lowest BCUT2D eigenvalue weighted by Gasteiger charge is -2.14. The molecule has 3 aromatic rings. The first-order valence-corrected chi connectivity index (χ1v) is 12.4. The average molecular weight is 522 g/mol. The molecule has 0 heterocycles. The Morgan fingerprint density at radius 2 is 1.26 bits per heavy atom. The van der Waals surface area contributed by atoms with Gasteiger partial charge in [-0.15, -0.1) is 0 Å². The van der Waals surface area contributed by atoms with Crippen molar-refractivity contribution in [2.45, 2.75) is 33.3 Å². The standard InChI is InChI=1S/C29H31NO8/c1-3-35-28(31)27(29(32)36-4-2)6-5-19-37-25-15-9-22(10-16-25)23-11-17-26(18-12-23)38-20-21-7-13-24(14-8-21)30(33)34/h7-18,27H,3-6,19-20H2,1-2H3. The molecule has 0 radical (unpaired) electrons. The van der Waals surface area contributed by atoms with Crippen LogP contribution in [-0.2, 0) is 25.7 Å². The molecule has 0 spiro atoms. The third-order valence-corrected chi connectivity index (χ3v) is 5.64. The lowest BCUT2D eigenvalue weighted by atomic mass is 10.0. The van der Waals surface area contributed by atoms with E-state index in [4.69, 9.17) is 18.9 Å². The second-order valence-electron chi connectivity index (χ2n) is 8.31. The fourth-order valence-corrected chi connectivity index (χ4v) is 3.66. The molecule has 0 fully saturated rings. The van der Waals surface area contributed by atoms with Gasteiger partial charge in [-0.2, -0.15) is 0 Å². The topological polar surface area (TPSA) is 114 Å². The molecule has 3 aromatic carbocycles. The van der Waals surface area contributed by atoms with Gasteiger partial charge in [0.05, 0.1) is 24.7 Å². The largest absolute Gasteiger partial charge is 0.494 e. The zero-order chi connectivity index (χ0) is 27.3. The molecular formula is C29H31NO8. The van der Waals surface area contributed by atoms with Crippen LogP contribution in [0, 0.1) is 16.0 Å². The molecule has 38 heavy (non-hydrogen) atoms. The van der Waals surface area contributed by atoms with Crippen LogP contribution >= 0.6 is 0 Å². The van der Waals surface area contributed by atoms with Crippen molar-refractivity contribution in [2.75, 3.05) is 19.8 Å². The van der Waals surface area contributed by atoms with E-state index < -0.39 is 22.8 Å². The van der Waals surface area contributed by atoms with Gasteiger partial charge >= 0.3 is 11.9 Å². The van der Waals surface area contributed by atoms with Crippen molar-refractivity contribution in [3.63, 3.8) is 0 Å². The summed E-state index contributed by atoms with van der Waals surface area (Å²) < 4.78 is 21.5. The molecule has 0 amide bonds. The van der Waals surface area contributed by atoms with Crippen LogP contribution in [0.1, 0.15) is 32.3 Å². The summed E-state index contributed by atoms with van der Waals surface area (Å²) in [5.41, 5.74) is 2.90. The summed E-state index contributed by atoms with van der Waals surface area (Å²) in [6.45, 7) is 4.45. The maximum atomic E-state index is 12.1. The Balaban J connectivity index is 1.47. The van der Waals surface area contributed by atoms with Crippen molar-refractivity contribution >= 4 is 17.6 Å². The predicted molar refractivity (Wildman–Crippen MR) is 141 cm³/mol. The minimum Gasteiger partial charge on any atom is -0.494 e. The van der Waals surface area contributed by atoms with Gasteiger partial charge in [0.25, 0.3) is 5.69 Å². The van der Waals surface area contributed by atoms with Crippen molar-refractivity contribution in [2.24, 2.45) is 5.92 Å². The average Bonchev–Trinajstić information content (AvgIpc) is 2.93. The highest BCUT2D eigenvalue weighted by Gasteiger charge is 2.28. The maximum absolute atomic E-state index is 12.1. The van der Waals surface area contributed by atoms with Gasteiger partial charge in [0.15, 0.2) is 5.92 Å². The quantitative estimate of drug-likeness (QED) is 0.0867. The number of carbonyl (C=O) groups excluding carboxylic acids is 2. The van der Waals surface area contributed by atoms with Crippen molar-refractivity contribution in [3.8, 4) is 22.6 Å². The van der Waals surface area contributed by atoms with Crippen LogP contribution in [-0.4, -0.2) is 36.7 Å². The Hall–Kier alpha value is -4.40. The molecule has 0 saturated carbocycles. The number of hydrogen-bond donors (Lipinski definition) is 0. The zero-order valence-corrected chi connectivity index (χ0v) is 21.5. The Morgan fingerprint density at radius 3 is 1.74 bits per heavy atom. The number of nitrogens with zero attached hydrogens (tertiary/aromatic N) is 1. The van der Waals surface area contributed by atoms with Gasteiger partial charge in [0.1, 0.15) is 18.1 Å². The molecule has 0 aliphatic rings. The highest BCUT2D eigenvalue weighted by atomic mass is 16.6. The molecule has 0 bridgehead atoms. The Labute approximate surface area is 221 Å². The van der Waals surface area contributed by atoms with Crippen molar-refractivity contribution < 1.29 is 33.5 Å². The molecule has 9 nitrogen and oxygen atoms in total. The van der Waals surface area contributed by atoms with E-state index in [1.807, 2.05) is 48.5 Å². The number of nitro benzene ring substituents is 1. The number of rotatable bonds is 14. The molecule has 0 aliphatic carbocycles. The van der Waals surface area contributed by atoms with Crippen LogP contribution in [0.3, 0.4) is 0 Å². The summed E-state index contributed by atoms with van der Waals surface area (Å²) in [7, 11) is 0. The first kappa shape index (κ1) is 28.2. The fraction of sp³-hybridized carbons (Fsp3) is 0.310. The van der Waals surface area contributed by atoms with Crippen molar-refractivity contribution in [1.82, 2.24) is 0 Å². The molecule has 9 heteroatoms. The SMILES string of the molecule is CCOC(=O)C(CCCOc1ccc(-c2ccc(OCc3ccc([N+](=O)[O-])cc3)cc2)cc1)C(=O)OCC. The van der Waals surface area contributed by atoms with Crippen LogP contribution in [0.2, 0.25) is 0 Å². The molecule has 3 rings (SSSR count). The Bertz CT molecular complexity index is 1170. The van der Waals surface area contributed by atoms with Gasteiger partial charge in [-0.25, -0.2) is 0 Å². The van der Waals surface area contributed by atoms with Crippen molar-refractivity contribution in [3.05, 3.63) is 88.5 Å². The van der Waals surface area contributed by atoms with Gasteiger partial charge in [-0.1, -0.05) is 24.3 Å². The summed E-state index contributed by atoms with van der Waals surface area (Å²) in [6.07, 6.45) is 0.778. The van der Waals surface area contributed by atoms with Crippen LogP contribution in [0.5, 0.6) is 11.5 Å². The number of non-ortho nitro benzene ring substituents is 1. The van der Waals surface area contributed by atoms with Crippen molar-refractivity contribution in [1.29, 1.82) is 0 Å². The molecule has 0 aliphatic heterocycles. The third kappa shape index (κ3) is 8.33. The van der Waals surface area contributed by atoms with Crippen LogP contribution in [0.15, 0.2) is 72.8 Å². The minimum atomic E-state index is -0.943. The number of hydrogen-bond acceptors (Lipinski definition) is 8. The molecule has 0 unspecified atom stereocenters. The van der Waals surface area contributed by atoms with Gasteiger partial charge in [0.2, 0.25) is 0 Å². The van der Waals surface area contributed by atoms with E-state index >= 15 is 0 Å². The summed E-state index contributed by atoms with van der Waals surface area (Å²) in [5.74, 6) is -0.713. The van der Waals surface area contributed by atoms with Gasteiger partial charge in [0, 0.05) is 12.1 Å². The number of nitro groups is 1. The summed E-state index contributed by atoms with van der Waals surface area (Å²) in [4.78, 5) is 34.4. The van der Waals surface area contributed by atoms with E-state index in [-0.39, 0.29) is 25.3 Å². The Kier molecular flexibility index (Phi) is 10.7. The first-order chi connectivity index (χ1) is 18.4. The summed E-state index contributed by atoms with van der Waals surface area (Å²) in [6, 6.07) is 21.5. The molecule has 0 aromatic heterocycles. The monoisotopic (exact) mass is 521 g/mol. The molecule has 0 N–H and O–H groups in total. The molecule has 0 saturated heterocycles. The number of esters is 2. The van der Waals surface area contributed by atoms with E-state index in [1.165, 1.54) is 12.1 Å². The number of ether oxygens (including phenoxy) is 4. The van der Waals surface area contributed by atoms with Crippen LogP contribution in [0.25, 0.3) is 11.1 Å². The Morgan fingerprint density at radius 1 is 0.763 bits per heavy atom. The summed E-state index contributed by atoms with van der Waals surface area (Å²) >= 11 is 0. The number of carbonyl (C=O) groups is 2. The van der Waals surface area contributed by atoms with Crippen LogP contribution < -0.4 is 9.47 Å². The summed E-state index contributed by atoms with van der Waals surface area (Å²) in [5, 5.41) is 10.8. The van der Waals surface area contributed by atoms with E-state index in [0.717, 1.165) is 16.7 Å². The smallest absolute Gasteiger partial charge is 0.320 e. The van der Waals surface area contributed by atoms with Gasteiger partial charge < -0.3 is 18.9 Å². The van der Waals surface area contributed by atoms with E-state index in [2.05, 4.69) is 0 Å². The van der Waals surface area contributed by atoms with Gasteiger partial charge in [-0.3, -0.25) is 19.7 Å². The van der Waals surface area contributed by atoms with E-state index in [9.17, 15) is 19.7 Å². The normalized spacial score (nSPS) is 10.6. The fourth-order valence-electron chi connectivity index (χ4n) is 3.66. The lowest BCUT2D eigenvalue weighted by molar-refractivity contribution is -0.384. The maximum Gasteiger partial charge on any atom is 0.320 e. The highest BCUT2D eigenvalue weighted by molar-refractivity contribution is 5.94. The highest BCUT2D eigenvalue weighted by Crippen LogP contribution is 2.25. The second kappa shape index (κ2) is 14.4. The zero-order valence-electron chi connectivity index (χ0n) is 21.5. The first-order valence-electron chi connectivity index (χ1n) is 12.4. The van der Waals surface area contributed by atoms with E-state index in [0.29, 0.717) is 31.1 Å². The lowest BCUT2D eigenvalue weighted by Crippen LogP contribution is -2.28. The third-order valence-electron chi connectivity index (χ3n) is 5.64. The van der Waals surface area contributed by atoms with Gasteiger partial charge in [-0.05, 0) is 79.8 Å². The minimum absolute atomic E-state index is 0.0474. The predicted octanol–water partition coefficient (Wildman–Crippen LogP) is 5.74. The molecule has 200 valence electrons. The van der Waals surface area contributed by atoms with Crippen LogP contribution in [0.4, 0.5) is 5.69 Å². The van der Waals surface area contributed by atoms with E-state index in [1.54, 1.807) is 26.0 Å². The second-order valence-corrected chi connectivity index (χ2v) is 8.31. The molecular weight excluding hydrogens is 490 g/mol. The number of benzene rings is 3.